The van der Waals surface area contributed by atoms with Gasteiger partial charge in [0, 0.05) is 39.3 Å². The Bertz CT molecular complexity index is 678. The smallest absolute Gasteiger partial charge is 0.328 e. The molecule has 0 radical (unpaired) electrons. The summed E-state index contributed by atoms with van der Waals surface area (Å²) in [5.41, 5.74) is 1.70. The molecule has 2 N–H and O–H groups in total. The molecule has 5 amide bonds. The summed E-state index contributed by atoms with van der Waals surface area (Å²) in [6, 6.07) is 3.14. The van der Waals surface area contributed by atoms with E-state index in [0.29, 0.717) is 45.6 Å². The van der Waals surface area contributed by atoms with E-state index in [9.17, 15) is 14.4 Å². The third kappa shape index (κ3) is 4.10. The van der Waals surface area contributed by atoms with Crippen LogP contribution in [0.5, 0.6) is 0 Å². The van der Waals surface area contributed by atoms with E-state index in [1.807, 2.05) is 12.1 Å². The van der Waals surface area contributed by atoms with Gasteiger partial charge in [-0.2, -0.15) is 0 Å². The molecule has 2 aliphatic heterocycles. The van der Waals surface area contributed by atoms with Crippen molar-refractivity contribution < 1.29 is 19.1 Å². The second kappa shape index (κ2) is 8.13. The number of carbonyl (C=O) groups excluding carboxylic acids is 3. The zero-order valence-corrected chi connectivity index (χ0v) is 14.7. The third-order valence-corrected chi connectivity index (χ3v) is 4.52. The fourth-order valence-corrected chi connectivity index (χ4v) is 2.98. The summed E-state index contributed by atoms with van der Waals surface area (Å²) < 4.78 is 5.75. The molecule has 2 saturated heterocycles. The Kier molecular flexibility index (Phi) is 5.67. The number of morpholine rings is 1. The van der Waals surface area contributed by atoms with Crippen LogP contribution in [0.3, 0.4) is 0 Å². The first-order valence-electron chi connectivity index (χ1n) is 8.70. The zero-order chi connectivity index (χ0) is 18.5. The van der Waals surface area contributed by atoms with Crippen LogP contribution in [0.4, 0.5) is 9.59 Å². The van der Waals surface area contributed by atoms with E-state index in [2.05, 4.69) is 15.6 Å². The van der Waals surface area contributed by atoms with Crippen LogP contribution >= 0.6 is 0 Å². The molecule has 1 unspecified atom stereocenters. The maximum Gasteiger partial charge on any atom is 0.328 e. The first kappa shape index (κ1) is 18.1. The maximum atomic E-state index is 12.5. The quantitative estimate of drug-likeness (QED) is 0.802. The fourth-order valence-electron chi connectivity index (χ4n) is 2.98. The predicted octanol–water partition coefficient (Wildman–Crippen LogP) is 0.279. The number of imide groups is 1. The maximum absolute atomic E-state index is 12.5. The molecule has 26 heavy (non-hydrogen) atoms. The van der Waals surface area contributed by atoms with E-state index in [-0.39, 0.29) is 24.1 Å². The molecule has 2 fully saturated rings. The standard InChI is InChI=1S/C17H23N5O4/c1-18-15(23)5-3-12-2-4-13(20-10-12)14-11-21(8-9-26-14)17(25)22-7-6-19-16(22)24/h2,4,10,14H,3,5-9,11H2,1H3,(H,18,23)(H,19,24). The summed E-state index contributed by atoms with van der Waals surface area (Å²) >= 11 is 0. The first-order chi connectivity index (χ1) is 12.6. The minimum Gasteiger partial charge on any atom is -0.368 e. The lowest BCUT2D eigenvalue weighted by Crippen LogP contribution is -2.49. The molecular formula is C17H23N5O4. The molecule has 140 valence electrons. The second-order valence-corrected chi connectivity index (χ2v) is 6.24. The number of carbonyl (C=O) groups is 3. The van der Waals surface area contributed by atoms with Crippen LogP contribution in [-0.4, -0.2) is 72.6 Å². The van der Waals surface area contributed by atoms with Gasteiger partial charge < -0.3 is 20.3 Å². The second-order valence-electron chi connectivity index (χ2n) is 6.24. The van der Waals surface area contributed by atoms with E-state index in [0.717, 1.165) is 11.3 Å². The van der Waals surface area contributed by atoms with Crippen molar-refractivity contribution >= 4 is 18.0 Å². The van der Waals surface area contributed by atoms with E-state index in [1.165, 1.54) is 4.90 Å². The van der Waals surface area contributed by atoms with E-state index in [1.54, 1.807) is 18.1 Å². The van der Waals surface area contributed by atoms with Gasteiger partial charge in [0.2, 0.25) is 5.91 Å². The molecule has 0 aliphatic carbocycles. The van der Waals surface area contributed by atoms with Gasteiger partial charge in [0.1, 0.15) is 6.10 Å². The highest BCUT2D eigenvalue weighted by Gasteiger charge is 2.33. The Morgan fingerprint density at radius 3 is 2.88 bits per heavy atom. The number of pyridine rings is 1. The van der Waals surface area contributed by atoms with Crippen molar-refractivity contribution in [3.8, 4) is 0 Å². The SMILES string of the molecule is CNC(=O)CCc1ccc(C2CN(C(=O)N3CCNC3=O)CCO2)nc1. The monoisotopic (exact) mass is 361 g/mol. The highest BCUT2D eigenvalue weighted by Crippen LogP contribution is 2.22. The van der Waals surface area contributed by atoms with Gasteiger partial charge in [0.15, 0.2) is 0 Å². The van der Waals surface area contributed by atoms with Gasteiger partial charge in [-0.15, -0.1) is 0 Å². The summed E-state index contributed by atoms with van der Waals surface area (Å²) in [5.74, 6) is -0.00945. The van der Waals surface area contributed by atoms with Crippen LogP contribution in [0.2, 0.25) is 0 Å². The number of nitrogens with zero attached hydrogens (tertiary/aromatic N) is 3. The van der Waals surface area contributed by atoms with Crippen molar-refractivity contribution in [1.82, 2.24) is 25.4 Å². The molecule has 0 bridgehead atoms. The van der Waals surface area contributed by atoms with Gasteiger partial charge in [-0.1, -0.05) is 6.07 Å². The van der Waals surface area contributed by atoms with Gasteiger partial charge >= 0.3 is 12.1 Å². The Morgan fingerprint density at radius 2 is 2.23 bits per heavy atom. The molecule has 9 nitrogen and oxygen atoms in total. The molecule has 9 heteroatoms. The summed E-state index contributed by atoms with van der Waals surface area (Å²) in [6.07, 6.45) is 2.44. The molecule has 0 aromatic carbocycles. The van der Waals surface area contributed by atoms with Gasteiger partial charge in [-0.3, -0.25) is 9.78 Å². The molecule has 1 aromatic rings. The van der Waals surface area contributed by atoms with Crippen LogP contribution in [0.1, 0.15) is 23.8 Å². The van der Waals surface area contributed by atoms with Gasteiger partial charge in [0.05, 0.1) is 18.8 Å². The molecule has 0 saturated carbocycles. The van der Waals surface area contributed by atoms with Crippen LogP contribution in [0, 0.1) is 0 Å². The van der Waals surface area contributed by atoms with E-state index >= 15 is 0 Å². The first-order valence-corrected chi connectivity index (χ1v) is 8.70. The van der Waals surface area contributed by atoms with Crippen molar-refractivity contribution in [3.63, 3.8) is 0 Å². The highest BCUT2D eigenvalue weighted by atomic mass is 16.5. The van der Waals surface area contributed by atoms with Crippen molar-refractivity contribution in [2.24, 2.45) is 0 Å². The Labute approximate surface area is 151 Å². The molecule has 1 aromatic heterocycles. The lowest BCUT2D eigenvalue weighted by Gasteiger charge is -2.34. The Balaban J connectivity index is 1.59. The minimum absolute atomic E-state index is 0.00945. The average molecular weight is 361 g/mol. The average Bonchev–Trinajstić information content (AvgIpc) is 3.12. The number of rotatable bonds is 4. The number of ether oxygens (including phenoxy) is 1. The molecule has 3 rings (SSSR count). The fraction of sp³-hybridized carbons (Fsp3) is 0.529. The molecule has 0 spiro atoms. The van der Waals surface area contributed by atoms with Gasteiger partial charge in [-0.05, 0) is 18.1 Å². The van der Waals surface area contributed by atoms with Crippen molar-refractivity contribution in [2.45, 2.75) is 18.9 Å². The lowest BCUT2D eigenvalue weighted by molar-refractivity contribution is -0.120. The number of amides is 5. The van der Waals surface area contributed by atoms with Gasteiger partial charge in [0.25, 0.3) is 0 Å². The number of urea groups is 2. The predicted molar refractivity (Wildman–Crippen MR) is 92.4 cm³/mol. The summed E-state index contributed by atoms with van der Waals surface area (Å²) in [6.45, 7) is 2.07. The van der Waals surface area contributed by atoms with Crippen molar-refractivity contribution in [1.29, 1.82) is 0 Å². The van der Waals surface area contributed by atoms with E-state index in [4.69, 9.17) is 4.74 Å². The van der Waals surface area contributed by atoms with Crippen molar-refractivity contribution in [2.75, 3.05) is 39.8 Å². The number of aryl methyl sites for hydroxylation is 1. The zero-order valence-electron chi connectivity index (χ0n) is 14.7. The van der Waals surface area contributed by atoms with Crippen LogP contribution in [0.25, 0.3) is 0 Å². The van der Waals surface area contributed by atoms with Crippen molar-refractivity contribution in [3.05, 3.63) is 29.6 Å². The highest BCUT2D eigenvalue weighted by molar-refractivity contribution is 5.95. The lowest BCUT2D eigenvalue weighted by atomic mass is 10.1. The largest absolute Gasteiger partial charge is 0.368 e. The molecule has 1 atom stereocenters. The third-order valence-electron chi connectivity index (χ3n) is 4.52. The van der Waals surface area contributed by atoms with Crippen LogP contribution in [0.15, 0.2) is 18.3 Å². The Morgan fingerprint density at radius 1 is 1.38 bits per heavy atom. The summed E-state index contributed by atoms with van der Waals surface area (Å²) in [5, 5.41) is 5.22. The normalized spacial score (nSPS) is 20.0. The van der Waals surface area contributed by atoms with E-state index < -0.39 is 0 Å². The number of nitrogens with one attached hydrogen (secondary N) is 2. The summed E-state index contributed by atoms with van der Waals surface area (Å²) in [7, 11) is 1.61. The molecular weight excluding hydrogens is 338 g/mol. The van der Waals surface area contributed by atoms with Crippen LogP contribution in [-0.2, 0) is 16.0 Å². The Hall–Kier alpha value is -2.68. The van der Waals surface area contributed by atoms with Crippen LogP contribution < -0.4 is 10.6 Å². The number of aromatic nitrogens is 1. The van der Waals surface area contributed by atoms with Gasteiger partial charge in [-0.25, -0.2) is 14.5 Å². The summed E-state index contributed by atoms with van der Waals surface area (Å²) in [4.78, 5) is 42.8. The number of hydrogen-bond acceptors (Lipinski definition) is 5. The number of hydrogen-bond donors (Lipinski definition) is 2. The minimum atomic E-state index is -0.350. The molecule has 2 aliphatic rings. The molecule has 3 heterocycles. The topological polar surface area (TPSA) is 104 Å².